The lowest BCUT2D eigenvalue weighted by molar-refractivity contribution is 0.0552. The number of rotatable bonds is 5. The number of hydrogen-bond acceptors (Lipinski definition) is 4. The van der Waals surface area contributed by atoms with E-state index in [4.69, 9.17) is 11.6 Å². The van der Waals surface area contributed by atoms with Gasteiger partial charge in [-0.15, -0.1) is 0 Å². The highest BCUT2D eigenvalue weighted by atomic mass is 35.5. The molecule has 24 heavy (non-hydrogen) atoms. The van der Waals surface area contributed by atoms with Gasteiger partial charge in [-0.1, -0.05) is 23.7 Å². The smallest absolute Gasteiger partial charge is 0.261 e. The van der Waals surface area contributed by atoms with Gasteiger partial charge in [0.15, 0.2) is 0 Å². The first-order chi connectivity index (χ1) is 11.5. The fraction of sp³-hybridized carbons (Fsp3) is 0.222. The highest BCUT2D eigenvalue weighted by Gasteiger charge is 2.36. The first kappa shape index (κ1) is 16.5. The number of aliphatic hydroxyl groups excluding tert-OH is 1. The van der Waals surface area contributed by atoms with E-state index >= 15 is 0 Å². The third-order valence-corrected chi connectivity index (χ3v) is 4.28. The molecule has 1 aliphatic heterocycles. The van der Waals surface area contributed by atoms with Gasteiger partial charge in [0.05, 0.1) is 23.8 Å². The molecule has 1 unspecified atom stereocenters. The molecule has 5 nitrogen and oxygen atoms in total. The van der Waals surface area contributed by atoms with Gasteiger partial charge in [-0.2, -0.15) is 0 Å². The molecule has 1 heterocycles. The molecular weight excluding hydrogens is 328 g/mol. The summed E-state index contributed by atoms with van der Waals surface area (Å²) in [5, 5.41) is 10.9. The van der Waals surface area contributed by atoms with Crippen molar-refractivity contribution in [1.29, 1.82) is 0 Å². The van der Waals surface area contributed by atoms with Crippen molar-refractivity contribution in [1.82, 2.24) is 4.90 Å². The van der Waals surface area contributed by atoms with Crippen molar-refractivity contribution in [3.63, 3.8) is 0 Å². The van der Waals surface area contributed by atoms with E-state index in [1.54, 1.807) is 36.4 Å². The van der Waals surface area contributed by atoms with Crippen LogP contribution < -0.4 is 4.90 Å². The van der Waals surface area contributed by atoms with E-state index in [9.17, 15) is 14.7 Å². The summed E-state index contributed by atoms with van der Waals surface area (Å²) in [6, 6.07) is 13.9. The van der Waals surface area contributed by atoms with E-state index in [1.807, 2.05) is 24.1 Å². The fourth-order valence-electron chi connectivity index (χ4n) is 2.79. The molecule has 0 aromatic heterocycles. The number of halogens is 1. The molecule has 0 fully saturated rings. The largest absolute Gasteiger partial charge is 0.389 e. The van der Waals surface area contributed by atoms with Crippen LogP contribution in [-0.2, 0) is 0 Å². The van der Waals surface area contributed by atoms with E-state index < -0.39 is 6.10 Å². The second-order valence-electron chi connectivity index (χ2n) is 5.78. The second kappa shape index (κ2) is 6.63. The Morgan fingerprint density at radius 1 is 1.04 bits per heavy atom. The lowest BCUT2D eigenvalue weighted by atomic mass is 10.1. The molecule has 1 atom stereocenters. The molecule has 0 saturated heterocycles. The lowest BCUT2D eigenvalue weighted by Crippen LogP contribution is -2.41. The van der Waals surface area contributed by atoms with E-state index in [0.717, 1.165) is 10.6 Å². The number of hydrogen-bond donors (Lipinski definition) is 1. The van der Waals surface area contributed by atoms with Gasteiger partial charge in [0, 0.05) is 24.3 Å². The summed E-state index contributed by atoms with van der Waals surface area (Å²) >= 11 is 5.86. The minimum absolute atomic E-state index is 0.0374. The molecule has 0 bridgehead atoms. The van der Waals surface area contributed by atoms with Crippen molar-refractivity contribution < 1.29 is 14.7 Å². The highest BCUT2D eigenvalue weighted by Crippen LogP contribution is 2.23. The van der Waals surface area contributed by atoms with Gasteiger partial charge in [0.1, 0.15) is 0 Å². The number of fused-ring (bicyclic) bond motifs is 1. The van der Waals surface area contributed by atoms with E-state index in [2.05, 4.69) is 0 Å². The van der Waals surface area contributed by atoms with Crippen LogP contribution in [0.4, 0.5) is 5.69 Å². The van der Waals surface area contributed by atoms with E-state index in [0.29, 0.717) is 16.1 Å². The van der Waals surface area contributed by atoms with Gasteiger partial charge in [-0.3, -0.25) is 14.5 Å². The van der Waals surface area contributed by atoms with Crippen molar-refractivity contribution in [2.75, 3.05) is 25.0 Å². The predicted octanol–water partition coefficient (Wildman–Crippen LogP) is 2.43. The summed E-state index contributed by atoms with van der Waals surface area (Å²) in [5.74, 6) is -0.715. The topological polar surface area (TPSA) is 60.9 Å². The summed E-state index contributed by atoms with van der Waals surface area (Å²) in [4.78, 5) is 27.6. The Kier molecular flexibility index (Phi) is 4.55. The highest BCUT2D eigenvalue weighted by molar-refractivity contribution is 6.30. The quantitative estimate of drug-likeness (QED) is 0.846. The number of carbonyl (C=O) groups excluding carboxylic acids is 2. The van der Waals surface area contributed by atoms with Crippen LogP contribution in [0.3, 0.4) is 0 Å². The van der Waals surface area contributed by atoms with Crippen LogP contribution in [0.5, 0.6) is 0 Å². The third kappa shape index (κ3) is 3.13. The molecule has 0 aliphatic carbocycles. The standard InChI is InChI=1S/C18H17ClN2O3/c1-20(13-8-6-12(19)7-9-13)10-14(22)11-21-17(23)15-4-2-3-5-16(15)18(21)24/h2-9,14,22H,10-11H2,1H3. The molecule has 2 amide bonds. The Morgan fingerprint density at radius 3 is 2.12 bits per heavy atom. The van der Waals surface area contributed by atoms with Gasteiger partial charge in [0.2, 0.25) is 0 Å². The summed E-state index contributed by atoms with van der Waals surface area (Å²) in [5.41, 5.74) is 1.67. The number of aliphatic hydroxyl groups is 1. The molecule has 6 heteroatoms. The monoisotopic (exact) mass is 344 g/mol. The number of benzene rings is 2. The van der Waals surface area contributed by atoms with E-state index in [-0.39, 0.29) is 24.9 Å². The third-order valence-electron chi connectivity index (χ3n) is 4.02. The zero-order chi connectivity index (χ0) is 17.3. The summed E-state index contributed by atoms with van der Waals surface area (Å²) in [6.07, 6.45) is -0.854. The lowest BCUT2D eigenvalue weighted by Gasteiger charge is -2.25. The minimum Gasteiger partial charge on any atom is -0.389 e. The maximum absolute atomic E-state index is 12.3. The molecule has 124 valence electrons. The molecule has 2 aromatic rings. The number of likely N-dealkylation sites (N-methyl/N-ethyl adjacent to an activating group) is 1. The normalized spacial score (nSPS) is 14.7. The van der Waals surface area contributed by atoms with Crippen molar-refractivity contribution in [2.24, 2.45) is 0 Å². The number of nitrogens with zero attached hydrogens (tertiary/aromatic N) is 2. The number of carbonyl (C=O) groups is 2. The van der Waals surface area contributed by atoms with Crippen molar-refractivity contribution in [2.45, 2.75) is 6.10 Å². The van der Waals surface area contributed by atoms with Crippen LogP contribution in [-0.4, -0.2) is 48.1 Å². The SMILES string of the molecule is CN(CC(O)CN1C(=O)c2ccccc2C1=O)c1ccc(Cl)cc1. The summed E-state index contributed by atoms with van der Waals surface area (Å²) < 4.78 is 0. The number of β-amino-alcohol motifs (C(OH)–C–C–N with tert-alkyl or cyclic N) is 1. The first-order valence-electron chi connectivity index (χ1n) is 7.57. The number of imide groups is 1. The zero-order valence-corrected chi connectivity index (χ0v) is 13.9. The van der Waals surface area contributed by atoms with Crippen LogP contribution in [0.1, 0.15) is 20.7 Å². The zero-order valence-electron chi connectivity index (χ0n) is 13.1. The van der Waals surface area contributed by atoms with Crippen molar-refractivity contribution in [3.8, 4) is 0 Å². The summed E-state index contributed by atoms with van der Waals surface area (Å²) in [7, 11) is 1.83. The Morgan fingerprint density at radius 2 is 1.58 bits per heavy atom. The second-order valence-corrected chi connectivity index (χ2v) is 6.21. The molecule has 1 N–H and O–H groups in total. The van der Waals surface area contributed by atoms with Crippen molar-refractivity contribution >= 4 is 29.1 Å². The first-order valence-corrected chi connectivity index (χ1v) is 7.95. The van der Waals surface area contributed by atoms with Crippen molar-refractivity contribution in [3.05, 3.63) is 64.7 Å². The fourth-order valence-corrected chi connectivity index (χ4v) is 2.92. The Hall–Kier alpha value is -2.37. The number of amides is 2. The van der Waals surface area contributed by atoms with Gasteiger partial charge in [-0.05, 0) is 36.4 Å². The molecule has 2 aromatic carbocycles. The van der Waals surface area contributed by atoms with Gasteiger partial charge in [0.25, 0.3) is 11.8 Å². The molecule has 0 radical (unpaired) electrons. The van der Waals surface area contributed by atoms with Gasteiger partial charge < -0.3 is 10.0 Å². The van der Waals surface area contributed by atoms with Crippen LogP contribution in [0, 0.1) is 0 Å². The maximum Gasteiger partial charge on any atom is 0.261 e. The van der Waals surface area contributed by atoms with Gasteiger partial charge in [-0.25, -0.2) is 0 Å². The Balaban J connectivity index is 1.65. The molecule has 3 rings (SSSR count). The molecule has 0 spiro atoms. The van der Waals surface area contributed by atoms with Crippen LogP contribution in [0.2, 0.25) is 5.02 Å². The van der Waals surface area contributed by atoms with Crippen LogP contribution >= 0.6 is 11.6 Å². The van der Waals surface area contributed by atoms with Crippen LogP contribution in [0.15, 0.2) is 48.5 Å². The molecule has 0 saturated carbocycles. The van der Waals surface area contributed by atoms with Crippen LogP contribution in [0.25, 0.3) is 0 Å². The molecule has 1 aliphatic rings. The Bertz CT molecular complexity index is 741. The average Bonchev–Trinajstić information content (AvgIpc) is 2.81. The number of anilines is 1. The average molecular weight is 345 g/mol. The predicted molar refractivity (Wildman–Crippen MR) is 92.5 cm³/mol. The van der Waals surface area contributed by atoms with Gasteiger partial charge >= 0.3 is 0 Å². The molecular formula is C18H17ClN2O3. The van der Waals surface area contributed by atoms with E-state index in [1.165, 1.54) is 0 Å². The Labute approximate surface area is 145 Å². The maximum atomic E-state index is 12.3. The minimum atomic E-state index is -0.854. The summed E-state index contributed by atoms with van der Waals surface area (Å²) in [6.45, 7) is 0.249.